The van der Waals surface area contributed by atoms with E-state index in [1.54, 1.807) is 24.3 Å². The zero-order valence-electron chi connectivity index (χ0n) is 15.7. The molecule has 0 radical (unpaired) electrons. The van der Waals surface area contributed by atoms with Crippen LogP contribution in [-0.2, 0) is 6.54 Å². The van der Waals surface area contributed by atoms with Crippen LogP contribution in [0.25, 0.3) is 0 Å². The van der Waals surface area contributed by atoms with E-state index in [0.29, 0.717) is 17.7 Å². The molecule has 0 fully saturated rings. The summed E-state index contributed by atoms with van der Waals surface area (Å²) in [5.41, 5.74) is 2.13. The summed E-state index contributed by atoms with van der Waals surface area (Å²) in [4.78, 5) is 32.7. The number of carbonyl (C=O) groups excluding carboxylic acids is 2. The number of imide groups is 1. The third kappa shape index (κ3) is 4.16. The lowest BCUT2D eigenvalue weighted by Crippen LogP contribution is -2.39. The van der Waals surface area contributed by atoms with Crippen LogP contribution in [0.2, 0.25) is 0 Å². The summed E-state index contributed by atoms with van der Waals surface area (Å²) in [6.45, 7) is 4.09. The smallest absolute Gasteiger partial charge is 0.261 e. The normalized spacial score (nSPS) is 13.7. The lowest BCUT2D eigenvalue weighted by molar-refractivity contribution is 0.0659. The first-order chi connectivity index (χ1) is 13.1. The van der Waals surface area contributed by atoms with Gasteiger partial charge in [0.1, 0.15) is 0 Å². The molecule has 2 aromatic rings. The van der Waals surface area contributed by atoms with E-state index in [2.05, 4.69) is 22.4 Å². The Bertz CT molecular complexity index is 813. The van der Waals surface area contributed by atoms with Gasteiger partial charge in [0.2, 0.25) is 0 Å². The van der Waals surface area contributed by atoms with Gasteiger partial charge in [0, 0.05) is 26.7 Å². The fraction of sp³-hybridized carbons (Fsp3) is 0.286. The number of rotatable bonds is 6. The number of amides is 2. The van der Waals surface area contributed by atoms with Crippen molar-refractivity contribution in [2.24, 2.45) is 4.99 Å². The summed E-state index contributed by atoms with van der Waals surface area (Å²) in [5, 5.41) is 3.26. The third-order valence-corrected chi connectivity index (χ3v) is 4.42. The number of hydrogen-bond donors (Lipinski definition) is 1. The van der Waals surface area contributed by atoms with Crippen LogP contribution in [0.15, 0.2) is 59.6 Å². The van der Waals surface area contributed by atoms with Gasteiger partial charge in [-0.2, -0.15) is 0 Å². The Kier molecular flexibility index (Phi) is 5.86. The van der Waals surface area contributed by atoms with Crippen molar-refractivity contribution in [2.75, 3.05) is 26.7 Å². The van der Waals surface area contributed by atoms with Crippen molar-refractivity contribution in [3.8, 4) is 0 Å². The summed E-state index contributed by atoms with van der Waals surface area (Å²) in [6.07, 6.45) is 0. The average molecular weight is 364 g/mol. The van der Waals surface area contributed by atoms with Crippen molar-refractivity contribution >= 4 is 17.8 Å². The van der Waals surface area contributed by atoms with Gasteiger partial charge in [0.05, 0.1) is 17.7 Å². The Balaban J connectivity index is 1.64. The predicted octanol–water partition coefficient (Wildman–Crippen LogP) is 2.38. The van der Waals surface area contributed by atoms with Crippen LogP contribution >= 0.6 is 0 Å². The monoisotopic (exact) mass is 364 g/mol. The van der Waals surface area contributed by atoms with E-state index in [9.17, 15) is 9.59 Å². The molecule has 0 unspecified atom stereocenters. The summed E-state index contributed by atoms with van der Waals surface area (Å²) < 4.78 is 0. The summed E-state index contributed by atoms with van der Waals surface area (Å²) in [7, 11) is 1.97. The molecule has 1 aliphatic heterocycles. The molecular formula is C21H24N4O2. The number of hydrogen-bond acceptors (Lipinski definition) is 3. The number of benzene rings is 2. The molecule has 3 rings (SSSR count). The zero-order valence-corrected chi connectivity index (χ0v) is 15.7. The van der Waals surface area contributed by atoms with Crippen LogP contribution in [0, 0.1) is 0 Å². The number of carbonyl (C=O) groups is 2. The highest BCUT2D eigenvalue weighted by Gasteiger charge is 2.34. The van der Waals surface area contributed by atoms with Crippen molar-refractivity contribution in [2.45, 2.75) is 13.5 Å². The zero-order chi connectivity index (χ0) is 19.2. The van der Waals surface area contributed by atoms with Crippen molar-refractivity contribution < 1.29 is 9.59 Å². The second-order valence-electron chi connectivity index (χ2n) is 6.38. The van der Waals surface area contributed by atoms with Crippen LogP contribution < -0.4 is 5.32 Å². The number of fused-ring (bicyclic) bond motifs is 1. The third-order valence-electron chi connectivity index (χ3n) is 4.42. The largest absolute Gasteiger partial charge is 0.357 e. The molecule has 0 bridgehead atoms. The number of nitrogens with zero attached hydrogens (tertiary/aromatic N) is 3. The molecule has 6 heteroatoms. The SMILES string of the molecule is CCNC(=NCCN1C(=O)c2ccccc2C1=O)N(C)Cc1ccccc1. The first-order valence-corrected chi connectivity index (χ1v) is 9.10. The number of guanidine groups is 1. The van der Waals surface area contributed by atoms with E-state index in [-0.39, 0.29) is 18.4 Å². The topological polar surface area (TPSA) is 65.0 Å². The fourth-order valence-corrected chi connectivity index (χ4v) is 3.10. The summed E-state index contributed by atoms with van der Waals surface area (Å²) >= 11 is 0. The quantitative estimate of drug-likeness (QED) is 0.486. The molecule has 0 saturated heterocycles. The molecule has 0 saturated carbocycles. The van der Waals surface area contributed by atoms with E-state index in [1.165, 1.54) is 10.5 Å². The molecule has 140 valence electrons. The average Bonchev–Trinajstić information content (AvgIpc) is 2.93. The molecule has 2 aromatic carbocycles. The lowest BCUT2D eigenvalue weighted by atomic mass is 10.1. The van der Waals surface area contributed by atoms with Gasteiger partial charge in [0.25, 0.3) is 11.8 Å². The molecule has 1 aliphatic rings. The maximum absolute atomic E-state index is 12.4. The molecule has 2 amide bonds. The van der Waals surface area contributed by atoms with Gasteiger partial charge in [-0.1, -0.05) is 42.5 Å². The first-order valence-electron chi connectivity index (χ1n) is 9.10. The van der Waals surface area contributed by atoms with E-state index in [4.69, 9.17) is 0 Å². The van der Waals surface area contributed by atoms with Gasteiger partial charge >= 0.3 is 0 Å². The Morgan fingerprint density at radius 3 is 2.19 bits per heavy atom. The minimum atomic E-state index is -0.242. The van der Waals surface area contributed by atoms with Gasteiger partial charge in [0.15, 0.2) is 5.96 Å². The van der Waals surface area contributed by atoms with Gasteiger partial charge in [-0.15, -0.1) is 0 Å². The minimum Gasteiger partial charge on any atom is -0.357 e. The van der Waals surface area contributed by atoms with Gasteiger partial charge in [-0.05, 0) is 24.6 Å². The van der Waals surface area contributed by atoms with E-state index in [1.807, 2.05) is 37.1 Å². The second-order valence-corrected chi connectivity index (χ2v) is 6.38. The molecular weight excluding hydrogens is 340 g/mol. The Morgan fingerprint density at radius 2 is 1.59 bits per heavy atom. The Labute approximate surface area is 159 Å². The molecule has 0 atom stereocenters. The van der Waals surface area contributed by atoms with Crippen molar-refractivity contribution in [1.82, 2.24) is 15.1 Å². The van der Waals surface area contributed by atoms with E-state index >= 15 is 0 Å². The maximum atomic E-state index is 12.4. The molecule has 1 heterocycles. The first kappa shape index (κ1) is 18.6. The van der Waals surface area contributed by atoms with Gasteiger partial charge < -0.3 is 10.2 Å². The van der Waals surface area contributed by atoms with Crippen LogP contribution in [0.4, 0.5) is 0 Å². The Hall–Kier alpha value is -3.15. The van der Waals surface area contributed by atoms with Crippen LogP contribution in [0.3, 0.4) is 0 Å². The Morgan fingerprint density at radius 1 is 1.00 bits per heavy atom. The summed E-state index contributed by atoms with van der Waals surface area (Å²) in [5.74, 6) is 0.264. The van der Waals surface area contributed by atoms with E-state index in [0.717, 1.165) is 19.0 Å². The highest BCUT2D eigenvalue weighted by molar-refractivity contribution is 6.21. The molecule has 0 aromatic heterocycles. The maximum Gasteiger partial charge on any atom is 0.261 e. The van der Waals surface area contributed by atoms with Crippen molar-refractivity contribution in [3.63, 3.8) is 0 Å². The minimum absolute atomic E-state index is 0.242. The fourth-order valence-electron chi connectivity index (χ4n) is 3.10. The van der Waals surface area contributed by atoms with Crippen molar-refractivity contribution in [3.05, 3.63) is 71.3 Å². The number of aliphatic imine (C=N–C) groups is 1. The van der Waals surface area contributed by atoms with Crippen LogP contribution in [0.5, 0.6) is 0 Å². The van der Waals surface area contributed by atoms with Crippen molar-refractivity contribution in [1.29, 1.82) is 0 Å². The molecule has 27 heavy (non-hydrogen) atoms. The molecule has 6 nitrogen and oxygen atoms in total. The highest BCUT2D eigenvalue weighted by Crippen LogP contribution is 2.21. The molecule has 0 aliphatic carbocycles. The highest BCUT2D eigenvalue weighted by atomic mass is 16.2. The number of nitrogens with one attached hydrogen (secondary N) is 1. The molecule has 1 N–H and O–H groups in total. The summed E-state index contributed by atoms with van der Waals surface area (Å²) in [6, 6.07) is 17.1. The predicted molar refractivity (Wildman–Crippen MR) is 106 cm³/mol. The lowest BCUT2D eigenvalue weighted by Gasteiger charge is -2.22. The van der Waals surface area contributed by atoms with Gasteiger partial charge in [-0.25, -0.2) is 0 Å². The van der Waals surface area contributed by atoms with Gasteiger partial charge in [-0.3, -0.25) is 19.5 Å². The second kappa shape index (κ2) is 8.49. The standard InChI is InChI=1S/C21H24N4O2/c1-3-22-21(24(2)15-16-9-5-4-6-10-16)23-13-14-25-19(26)17-11-7-8-12-18(17)20(25)27/h4-12H,3,13-15H2,1-2H3,(H,22,23). The van der Waals surface area contributed by atoms with Crippen LogP contribution in [0.1, 0.15) is 33.2 Å². The van der Waals surface area contributed by atoms with Crippen LogP contribution in [-0.4, -0.2) is 54.3 Å². The van der Waals surface area contributed by atoms with E-state index < -0.39 is 0 Å². The molecule has 0 spiro atoms.